The van der Waals surface area contributed by atoms with Crippen LogP contribution in [0.5, 0.6) is 0 Å². The molecule has 1 amide bonds. The van der Waals surface area contributed by atoms with Crippen molar-refractivity contribution in [3.63, 3.8) is 0 Å². The van der Waals surface area contributed by atoms with E-state index in [1.54, 1.807) is 57.2 Å². The lowest BCUT2D eigenvalue weighted by Crippen LogP contribution is -2.30. The van der Waals surface area contributed by atoms with Crippen LogP contribution < -0.4 is 5.32 Å². The van der Waals surface area contributed by atoms with Crippen molar-refractivity contribution in [2.45, 2.75) is 25.7 Å². The van der Waals surface area contributed by atoms with Gasteiger partial charge in [-0.3, -0.25) is 4.79 Å². The molecule has 1 N–H and O–H groups in total. The first kappa shape index (κ1) is 21.6. The standard InChI is InChI=1S/C20H24N2O5S/c1-4-22(5-2)28(25,26)17-12-11-15(3)18(13-17)21-19(23)14-27-20(24)16-9-7-6-8-10-16/h6-13H,4-5,14H2,1-3H3,(H,21,23). The summed E-state index contributed by atoms with van der Waals surface area (Å²) in [6.45, 7) is 5.51. The zero-order chi connectivity index (χ0) is 20.7. The van der Waals surface area contributed by atoms with Gasteiger partial charge < -0.3 is 10.1 Å². The van der Waals surface area contributed by atoms with Crippen LogP contribution in [-0.4, -0.2) is 44.3 Å². The number of sulfonamides is 1. The van der Waals surface area contributed by atoms with Crippen molar-refractivity contribution >= 4 is 27.6 Å². The van der Waals surface area contributed by atoms with Gasteiger partial charge in [0.25, 0.3) is 5.91 Å². The summed E-state index contributed by atoms with van der Waals surface area (Å²) in [5.74, 6) is -1.16. The molecular weight excluding hydrogens is 380 g/mol. The highest BCUT2D eigenvalue weighted by atomic mass is 32.2. The van der Waals surface area contributed by atoms with Gasteiger partial charge in [-0.05, 0) is 36.8 Å². The Morgan fingerprint density at radius 3 is 2.29 bits per heavy atom. The average Bonchev–Trinajstić information content (AvgIpc) is 2.69. The monoisotopic (exact) mass is 404 g/mol. The van der Waals surface area contributed by atoms with Crippen LogP contribution >= 0.6 is 0 Å². The summed E-state index contributed by atoms with van der Waals surface area (Å²) in [5.41, 5.74) is 1.40. The Morgan fingerprint density at radius 2 is 1.68 bits per heavy atom. The minimum absolute atomic E-state index is 0.0957. The van der Waals surface area contributed by atoms with E-state index in [2.05, 4.69) is 5.32 Å². The highest BCUT2D eigenvalue weighted by Crippen LogP contribution is 2.23. The largest absolute Gasteiger partial charge is 0.452 e. The van der Waals surface area contributed by atoms with E-state index < -0.39 is 28.5 Å². The second-order valence-electron chi connectivity index (χ2n) is 6.06. The predicted molar refractivity (Wildman–Crippen MR) is 107 cm³/mol. The average molecular weight is 404 g/mol. The Bertz CT molecular complexity index is 938. The fourth-order valence-electron chi connectivity index (χ4n) is 2.58. The van der Waals surface area contributed by atoms with Crippen molar-refractivity contribution in [1.29, 1.82) is 0 Å². The number of esters is 1. The van der Waals surface area contributed by atoms with Gasteiger partial charge in [-0.15, -0.1) is 0 Å². The van der Waals surface area contributed by atoms with Crippen molar-refractivity contribution in [3.8, 4) is 0 Å². The van der Waals surface area contributed by atoms with E-state index in [1.807, 2.05) is 0 Å². The lowest BCUT2D eigenvalue weighted by molar-refractivity contribution is -0.119. The van der Waals surface area contributed by atoms with E-state index >= 15 is 0 Å². The van der Waals surface area contributed by atoms with Crippen molar-refractivity contribution in [2.24, 2.45) is 0 Å². The van der Waals surface area contributed by atoms with Crippen LogP contribution in [0.4, 0.5) is 5.69 Å². The van der Waals surface area contributed by atoms with Crippen LogP contribution in [0.2, 0.25) is 0 Å². The zero-order valence-corrected chi connectivity index (χ0v) is 17.0. The highest BCUT2D eigenvalue weighted by Gasteiger charge is 2.22. The fourth-order valence-corrected chi connectivity index (χ4v) is 4.07. The van der Waals surface area contributed by atoms with Gasteiger partial charge >= 0.3 is 5.97 Å². The van der Waals surface area contributed by atoms with Gasteiger partial charge in [-0.1, -0.05) is 38.1 Å². The maximum absolute atomic E-state index is 12.7. The van der Waals surface area contributed by atoms with Gasteiger partial charge in [0.05, 0.1) is 10.5 Å². The molecule has 0 aliphatic carbocycles. The van der Waals surface area contributed by atoms with E-state index in [0.29, 0.717) is 29.9 Å². The molecule has 0 fully saturated rings. The van der Waals surface area contributed by atoms with Crippen molar-refractivity contribution in [2.75, 3.05) is 25.0 Å². The third kappa shape index (κ3) is 5.17. The topological polar surface area (TPSA) is 92.8 Å². The molecule has 0 spiro atoms. The van der Waals surface area contributed by atoms with Gasteiger partial charge in [-0.25, -0.2) is 13.2 Å². The van der Waals surface area contributed by atoms with Crippen LogP contribution in [0, 0.1) is 6.92 Å². The number of benzene rings is 2. The van der Waals surface area contributed by atoms with Gasteiger partial charge in [0, 0.05) is 18.8 Å². The van der Waals surface area contributed by atoms with E-state index in [9.17, 15) is 18.0 Å². The third-order valence-corrected chi connectivity index (χ3v) is 6.22. The number of amides is 1. The van der Waals surface area contributed by atoms with Crippen molar-refractivity contribution in [3.05, 3.63) is 59.7 Å². The lowest BCUT2D eigenvalue weighted by Gasteiger charge is -2.19. The molecule has 8 heteroatoms. The summed E-state index contributed by atoms with van der Waals surface area (Å²) in [7, 11) is -3.64. The number of rotatable bonds is 8. The minimum atomic E-state index is -3.64. The summed E-state index contributed by atoms with van der Waals surface area (Å²) in [5, 5.41) is 2.61. The Balaban J connectivity index is 2.09. The van der Waals surface area contributed by atoms with Crippen LogP contribution in [-0.2, 0) is 19.6 Å². The van der Waals surface area contributed by atoms with Crippen molar-refractivity contribution < 1.29 is 22.7 Å². The summed E-state index contributed by atoms with van der Waals surface area (Å²) in [6, 6.07) is 12.9. The number of aryl methyl sites for hydroxylation is 1. The van der Waals surface area contributed by atoms with Crippen LogP contribution in [0.25, 0.3) is 0 Å². The molecule has 0 unspecified atom stereocenters. The van der Waals surface area contributed by atoms with Gasteiger partial charge in [0.1, 0.15) is 0 Å². The Morgan fingerprint density at radius 1 is 1.04 bits per heavy atom. The van der Waals surface area contributed by atoms with Crippen molar-refractivity contribution in [1.82, 2.24) is 4.31 Å². The molecule has 2 rings (SSSR count). The smallest absolute Gasteiger partial charge is 0.338 e. The number of carbonyl (C=O) groups is 2. The van der Waals surface area contributed by atoms with Gasteiger partial charge in [0.2, 0.25) is 10.0 Å². The minimum Gasteiger partial charge on any atom is -0.452 e. The fraction of sp³-hybridized carbons (Fsp3) is 0.300. The number of carbonyl (C=O) groups excluding carboxylic acids is 2. The Labute approximate surface area is 165 Å². The molecular formula is C20H24N2O5S. The third-order valence-electron chi connectivity index (χ3n) is 4.17. The normalized spacial score (nSPS) is 11.3. The number of ether oxygens (including phenoxy) is 1. The van der Waals surface area contributed by atoms with Gasteiger partial charge in [-0.2, -0.15) is 4.31 Å². The molecule has 0 atom stereocenters. The molecule has 0 aliphatic rings. The first-order chi connectivity index (χ1) is 13.3. The molecule has 0 radical (unpaired) electrons. The van der Waals surface area contributed by atoms with E-state index in [4.69, 9.17) is 4.74 Å². The van der Waals surface area contributed by atoms with E-state index in [-0.39, 0.29) is 4.90 Å². The molecule has 7 nitrogen and oxygen atoms in total. The lowest BCUT2D eigenvalue weighted by atomic mass is 10.2. The summed E-state index contributed by atoms with van der Waals surface area (Å²) in [4.78, 5) is 24.2. The van der Waals surface area contributed by atoms with E-state index in [1.165, 1.54) is 16.4 Å². The van der Waals surface area contributed by atoms with Gasteiger partial charge in [0.15, 0.2) is 6.61 Å². The predicted octanol–water partition coefficient (Wildman–Crippen LogP) is 2.82. The molecule has 0 aliphatic heterocycles. The van der Waals surface area contributed by atoms with E-state index in [0.717, 1.165) is 0 Å². The molecule has 0 aromatic heterocycles. The number of hydrogen-bond donors (Lipinski definition) is 1. The Kier molecular flexibility index (Phi) is 7.31. The van der Waals surface area contributed by atoms with Crippen LogP contribution in [0.1, 0.15) is 29.8 Å². The summed E-state index contributed by atoms with van der Waals surface area (Å²) >= 11 is 0. The number of anilines is 1. The molecule has 0 bridgehead atoms. The molecule has 150 valence electrons. The SMILES string of the molecule is CCN(CC)S(=O)(=O)c1ccc(C)c(NC(=O)COC(=O)c2ccccc2)c1. The molecule has 28 heavy (non-hydrogen) atoms. The molecule has 0 saturated heterocycles. The first-order valence-corrected chi connectivity index (χ1v) is 10.4. The summed E-state index contributed by atoms with van der Waals surface area (Å²) in [6.07, 6.45) is 0. The number of nitrogens with one attached hydrogen (secondary N) is 1. The molecule has 2 aromatic rings. The maximum atomic E-state index is 12.7. The second kappa shape index (κ2) is 9.48. The van der Waals surface area contributed by atoms with Crippen LogP contribution in [0.15, 0.2) is 53.4 Å². The zero-order valence-electron chi connectivity index (χ0n) is 16.1. The van der Waals surface area contributed by atoms with Crippen LogP contribution in [0.3, 0.4) is 0 Å². The second-order valence-corrected chi connectivity index (χ2v) is 7.99. The molecule has 0 saturated carbocycles. The Hall–Kier alpha value is -2.71. The quantitative estimate of drug-likeness (QED) is 0.683. The number of nitrogens with zero attached hydrogens (tertiary/aromatic N) is 1. The maximum Gasteiger partial charge on any atom is 0.338 e. The first-order valence-electron chi connectivity index (χ1n) is 8.92. The number of hydrogen-bond acceptors (Lipinski definition) is 5. The summed E-state index contributed by atoms with van der Waals surface area (Å²) < 4.78 is 31.7. The highest BCUT2D eigenvalue weighted by molar-refractivity contribution is 7.89. The molecule has 0 heterocycles. The molecule has 2 aromatic carbocycles.